The molecule has 0 aliphatic rings. The molecule has 1 amide bonds. The Kier molecular flexibility index (Phi) is 4.79. The van der Waals surface area contributed by atoms with Gasteiger partial charge in [0.1, 0.15) is 12.2 Å². The molecule has 3 rings (SSSR count). The van der Waals surface area contributed by atoms with Gasteiger partial charge >= 0.3 is 5.69 Å². The highest BCUT2D eigenvalue weighted by Crippen LogP contribution is 2.12. The number of carbonyl (C=O) groups is 1. The number of nitrogens with one attached hydrogen (secondary N) is 1. The first-order valence-corrected chi connectivity index (χ1v) is 8.65. The molecule has 2 aromatic heterocycles. The summed E-state index contributed by atoms with van der Waals surface area (Å²) in [5.41, 5.74) is 1.62. The lowest BCUT2D eigenvalue weighted by Crippen LogP contribution is -2.39. The molecule has 0 aliphatic heterocycles. The number of fused-ring (bicyclic) bond motifs is 1. The first-order chi connectivity index (χ1) is 12.5. The lowest BCUT2D eigenvalue weighted by atomic mass is 10.2. The van der Waals surface area contributed by atoms with E-state index in [2.05, 4.69) is 5.32 Å². The van der Waals surface area contributed by atoms with Crippen molar-refractivity contribution < 1.29 is 4.79 Å². The van der Waals surface area contributed by atoms with Crippen molar-refractivity contribution in [3.63, 3.8) is 0 Å². The predicted molar refractivity (Wildman–Crippen MR) is 102 cm³/mol. The van der Waals surface area contributed by atoms with E-state index >= 15 is 0 Å². The third kappa shape index (κ3) is 3.08. The van der Waals surface area contributed by atoms with Gasteiger partial charge in [-0.1, -0.05) is 17.7 Å². The van der Waals surface area contributed by atoms with Crippen LogP contribution in [0.25, 0.3) is 11.0 Å². The summed E-state index contributed by atoms with van der Waals surface area (Å²) in [6.45, 7) is 6.33. The van der Waals surface area contributed by atoms with Crippen molar-refractivity contribution >= 4 is 22.6 Å². The number of carbonyl (C=O) groups excluding carboxylic acids is 1. The zero-order valence-electron chi connectivity index (χ0n) is 15.2. The minimum atomic E-state index is -0.355. The second-order valence-corrected chi connectivity index (χ2v) is 6.17. The molecule has 7 nitrogen and oxygen atoms in total. The number of anilines is 1. The second kappa shape index (κ2) is 7.03. The maximum atomic E-state index is 12.5. The molecule has 0 atom stereocenters. The number of nitrogens with zero attached hydrogens (tertiary/aromatic N) is 3. The van der Waals surface area contributed by atoms with Crippen LogP contribution < -0.4 is 16.6 Å². The van der Waals surface area contributed by atoms with Crippen molar-refractivity contribution in [2.24, 2.45) is 0 Å². The molecule has 136 valence electrons. The van der Waals surface area contributed by atoms with Crippen molar-refractivity contribution in [1.82, 2.24) is 13.7 Å². The number of hydrogen-bond acceptors (Lipinski definition) is 3. The number of amides is 1. The Bertz CT molecular complexity index is 1070. The summed E-state index contributed by atoms with van der Waals surface area (Å²) >= 11 is 0. The molecule has 0 saturated heterocycles. The van der Waals surface area contributed by atoms with Gasteiger partial charge in [0.05, 0.1) is 5.39 Å². The smallest absolute Gasteiger partial charge is 0.325 e. The number of benzene rings is 1. The average Bonchev–Trinajstić information content (AvgIpc) is 3.01. The van der Waals surface area contributed by atoms with Crippen LogP contribution in [0.2, 0.25) is 0 Å². The first-order valence-electron chi connectivity index (χ1n) is 8.65. The Balaban J connectivity index is 1.98. The summed E-state index contributed by atoms with van der Waals surface area (Å²) in [6, 6.07) is 9.17. The Hall–Kier alpha value is -3.09. The molecule has 0 radical (unpaired) electrons. The summed E-state index contributed by atoms with van der Waals surface area (Å²) in [7, 11) is 0. The summed E-state index contributed by atoms with van der Waals surface area (Å²) in [5.74, 6) is -0.221. The van der Waals surface area contributed by atoms with E-state index in [-0.39, 0.29) is 23.7 Å². The Labute approximate surface area is 150 Å². The molecule has 26 heavy (non-hydrogen) atoms. The molecule has 0 unspecified atom stereocenters. The lowest BCUT2D eigenvalue weighted by molar-refractivity contribution is -0.116. The lowest BCUT2D eigenvalue weighted by Gasteiger charge is -2.13. The van der Waals surface area contributed by atoms with Crippen LogP contribution in [0.5, 0.6) is 0 Å². The fourth-order valence-electron chi connectivity index (χ4n) is 3.08. The fourth-order valence-corrected chi connectivity index (χ4v) is 3.08. The zero-order valence-corrected chi connectivity index (χ0v) is 15.2. The van der Waals surface area contributed by atoms with E-state index < -0.39 is 0 Å². The van der Waals surface area contributed by atoms with Gasteiger partial charge in [-0.25, -0.2) is 4.79 Å². The quantitative estimate of drug-likeness (QED) is 0.761. The topological polar surface area (TPSA) is 78.0 Å². The molecule has 1 aromatic carbocycles. The molecular weight excluding hydrogens is 332 g/mol. The van der Waals surface area contributed by atoms with Gasteiger partial charge in [-0.15, -0.1) is 0 Å². The van der Waals surface area contributed by atoms with Crippen molar-refractivity contribution in [3.05, 3.63) is 62.9 Å². The first kappa shape index (κ1) is 17.7. The van der Waals surface area contributed by atoms with Crippen LogP contribution >= 0.6 is 0 Å². The van der Waals surface area contributed by atoms with Gasteiger partial charge in [0.15, 0.2) is 0 Å². The van der Waals surface area contributed by atoms with E-state index in [1.54, 1.807) is 23.8 Å². The van der Waals surface area contributed by atoms with Crippen LogP contribution in [0.1, 0.15) is 19.4 Å². The van der Waals surface area contributed by atoms with E-state index in [1.807, 2.05) is 38.1 Å². The van der Waals surface area contributed by atoms with E-state index in [0.29, 0.717) is 29.8 Å². The van der Waals surface area contributed by atoms with Crippen LogP contribution in [0.4, 0.5) is 5.69 Å². The average molecular weight is 354 g/mol. The van der Waals surface area contributed by atoms with Crippen LogP contribution in [-0.2, 0) is 24.4 Å². The van der Waals surface area contributed by atoms with E-state index in [1.165, 1.54) is 9.13 Å². The highest BCUT2D eigenvalue weighted by molar-refractivity contribution is 5.91. The molecule has 3 aromatic rings. The van der Waals surface area contributed by atoms with Gasteiger partial charge in [0.2, 0.25) is 5.91 Å². The van der Waals surface area contributed by atoms with Crippen LogP contribution in [0.15, 0.2) is 46.1 Å². The van der Waals surface area contributed by atoms with E-state index in [9.17, 15) is 14.4 Å². The number of hydrogen-bond donors (Lipinski definition) is 1. The summed E-state index contributed by atoms with van der Waals surface area (Å²) in [5, 5.41) is 3.27. The van der Waals surface area contributed by atoms with Crippen LogP contribution in [0.3, 0.4) is 0 Å². The van der Waals surface area contributed by atoms with Crippen LogP contribution in [-0.4, -0.2) is 19.6 Å². The Morgan fingerprint density at radius 2 is 1.65 bits per heavy atom. The van der Waals surface area contributed by atoms with Gasteiger partial charge in [0, 0.05) is 25.0 Å². The normalized spacial score (nSPS) is 11.0. The zero-order chi connectivity index (χ0) is 18.8. The summed E-state index contributed by atoms with van der Waals surface area (Å²) < 4.78 is 4.38. The van der Waals surface area contributed by atoms with Gasteiger partial charge in [-0.3, -0.25) is 18.7 Å². The molecule has 2 heterocycles. The monoisotopic (exact) mass is 354 g/mol. The molecule has 0 aliphatic carbocycles. The SMILES string of the molecule is CCn1c(=O)c2ccn(CC(=O)Nc3ccc(C)cc3)c2n(CC)c1=O. The molecule has 0 spiro atoms. The highest BCUT2D eigenvalue weighted by atomic mass is 16.2. The van der Waals surface area contributed by atoms with Crippen molar-refractivity contribution in [2.75, 3.05) is 5.32 Å². The third-order valence-corrected chi connectivity index (χ3v) is 4.41. The van der Waals surface area contributed by atoms with Crippen molar-refractivity contribution in [3.8, 4) is 0 Å². The maximum absolute atomic E-state index is 12.5. The van der Waals surface area contributed by atoms with Crippen LogP contribution in [0, 0.1) is 6.92 Å². The van der Waals surface area contributed by atoms with Gasteiger partial charge in [-0.2, -0.15) is 0 Å². The van der Waals surface area contributed by atoms with E-state index in [4.69, 9.17) is 0 Å². The maximum Gasteiger partial charge on any atom is 0.332 e. The summed E-state index contributed by atoms with van der Waals surface area (Å²) in [4.78, 5) is 37.4. The molecule has 0 bridgehead atoms. The minimum Gasteiger partial charge on any atom is -0.325 e. The highest BCUT2D eigenvalue weighted by Gasteiger charge is 2.16. The number of aromatic nitrogens is 3. The Morgan fingerprint density at radius 3 is 2.27 bits per heavy atom. The fraction of sp³-hybridized carbons (Fsp3) is 0.316. The molecular formula is C19H22N4O3. The standard InChI is InChI=1S/C19H22N4O3/c1-4-22-17-15(18(25)23(5-2)19(22)26)10-11-21(17)12-16(24)20-14-8-6-13(3)7-9-14/h6-11H,4-5,12H2,1-3H3,(H,20,24). The largest absolute Gasteiger partial charge is 0.332 e. The van der Waals surface area contributed by atoms with Crippen molar-refractivity contribution in [1.29, 1.82) is 0 Å². The number of rotatable bonds is 5. The Morgan fingerprint density at radius 1 is 1.00 bits per heavy atom. The summed E-state index contributed by atoms with van der Waals surface area (Å²) in [6.07, 6.45) is 1.67. The van der Waals surface area contributed by atoms with Crippen molar-refractivity contribution in [2.45, 2.75) is 40.4 Å². The second-order valence-electron chi connectivity index (χ2n) is 6.17. The molecule has 0 fully saturated rings. The minimum absolute atomic E-state index is 0.0202. The van der Waals surface area contributed by atoms with E-state index in [0.717, 1.165) is 5.56 Å². The van der Waals surface area contributed by atoms with Gasteiger partial charge < -0.3 is 9.88 Å². The van der Waals surface area contributed by atoms with Gasteiger partial charge in [0.25, 0.3) is 5.56 Å². The molecule has 1 N–H and O–H groups in total. The predicted octanol–water partition coefficient (Wildman–Crippen LogP) is 1.95. The third-order valence-electron chi connectivity index (χ3n) is 4.41. The van der Waals surface area contributed by atoms with Gasteiger partial charge in [-0.05, 0) is 39.0 Å². The number of aryl methyl sites for hydroxylation is 2. The molecule has 0 saturated carbocycles. The molecule has 7 heteroatoms.